The van der Waals surface area contributed by atoms with Crippen molar-refractivity contribution in [1.82, 2.24) is 25.5 Å². The van der Waals surface area contributed by atoms with E-state index in [1.807, 2.05) is 43.5 Å². The third-order valence-corrected chi connectivity index (χ3v) is 4.35. The predicted octanol–water partition coefficient (Wildman–Crippen LogP) is 3.51. The number of aromatic amines is 1. The second-order valence-corrected chi connectivity index (χ2v) is 6.18. The van der Waals surface area contributed by atoms with Crippen LogP contribution in [0.5, 0.6) is 0 Å². The molecule has 2 amide bonds. The molecule has 1 aromatic carbocycles. The fourth-order valence-electron chi connectivity index (χ4n) is 2.24. The molecule has 1 atom stereocenters. The molecule has 0 saturated carbocycles. The van der Waals surface area contributed by atoms with Crippen LogP contribution in [0.3, 0.4) is 0 Å². The van der Waals surface area contributed by atoms with Gasteiger partial charge in [-0.1, -0.05) is 6.92 Å². The SMILES string of the molecule is CC[C@H](NC(=O)Nc1ccc(-c2n[nH]c(C)n2)cc1)c1nccs1. The summed E-state index contributed by atoms with van der Waals surface area (Å²) in [6.07, 6.45) is 2.52. The number of nitrogens with zero attached hydrogens (tertiary/aromatic N) is 3. The summed E-state index contributed by atoms with van der Waals surface area (Å²) in [7, 11) is 0. The number of carbonyl (C=O) groups is 1. The van der Waals surface area contributed by atoms with Gasteiger partial charge in [0.25, 0.3) is 0 Å². The molecule has 0 saturated heterocycles. The minimum Gasteiger partial charge on any atom is -0.329 e. The normalized spacial score (nSPS) is 11.9. The second kappa shape index (κ2) is 7.22. The molecule has 0 aliphatic carbocycles. The van der Waals surface area contributed by atoms with Gasteiger partial charge < -0.3 is 10.6 Å². The Bertz CT molecular complexity index is 796. The molecular weight excluding hydrogens is 324 g/mol. The molecule has 24 heavy (non-hydrogen) atoms. The highest BCUT2D eigenvalue weighted by molar-refractivity contribution is 7.09. The van der Waals surface area contributed by atoms with E-state index in [4.69, 9.17) is 0 Å². The number of urea groups is 1. The highest BCUT2D eigenvalue weighted by Gasteiger charge is 2.15. The average molecular weight is 342 g/mol. The van der Waals surface area contributed by atoms with Crippen molar-refractivity contribution in [2.75, 3.05) is 5.32 Å². The van der Waals surface area contributed by atoms with Crippen LogP contribution in [0.15, 0.2) is 35.8 Å². The van der Waals surface area contributed by atoms with Gasteiger partial charge in [0.15, 0.2) is 5.82 Å². The number of hydrogen-bond acceptors (Lipinski definition) is 5. The van der Waals surface area contributed by atoms with E-state index in [1.54, 1.807) is 6.20 Å². The molecule has 0 fully saturated rings. The molecule has 8 heteroatoms. The standard InChI is InChI=1S/C16H18N6OS/c1-3-13(15-17-8-9-24-15)20-16(23)19-12-6-4-11(5-7-12)14-18-10(2)21-22-14/h4-9,13H,3H2,1-2H3,(H,18,21,22)(H2,19,20,23)/t13-/m0/s1. The van der Waals surface area contributed by atoms with Gasteiger partial charge in [0, 0.05) is 22.8 Å². The Balaban J connectivity index is 1.62. The molecule has 3 rings (SSSR count). The Kier molecular flexibility index (Phi) is 4.85. The number of rotatable bonds is 5. The fraction of sp³-hybridized carbons (Fsp3) is 0.250. The molecule has 7 nitrogen and oxygen atoms in total. The minimum absolute atomic E-state index is 0.0829. The van der Waals surface area contributed by atoms with Gasteiger partial charge in [-0.15, -0.1) is 11.3 Å². The first kappa shape index (κ1) is 16.1. The van der Waals surface area contributed by atoms with E-state index < -0.39 is 0 Å². The first-order valence-corrected chi connectivity index (χ1v) is 8.50. The van der Waals surface area contributed by atoms with Crippen molar-refractivity contribution in [3.05, 3.63) is 46.7 Å². The summed E-state index contributed by atoms with van der Waals surface area (Å²) in [5, 5.41) is 15.5. The van der Waals surface area contributed by atoms with Crippen LogP contribution in [0, 0.1) is 6.92 Å². The number of aromatic nitrogens is 4. The van der Waals surface area contributed by atoms with Gasteiger partial charge in [-0.2, -0.15) is 5.10 Å². The fourth-order valence-corrected chi connectivity index (χ4v) is 3.02. The van der Waals surface area contributed by atoms with E-state index in [1.165, 1.54) is 11.3 Å². The van der Waals surface area contributed by atoms with E-state index in [0.717, 1.165) is 22.8 Å². The summed E-state index contributed by atoms with van der Waals surface area (Å²) >= 11 is 1.53. The number of anilines is 1. The number of carbonyl (C=O) groups excluding carboxylic acids is 1. The number of thiazole rings is 1. The van der Waals surface area contributed by atoms with Gasteiger partial charge in [0.1, 0.15) is 10.8 Å². The minimum atomic E-state index is -0.251. The van der Waals surface area contributed by atoms with Crippen LogP contribution in [-0.2, 0) is 0 Å². The van der Waals surface area contributed by atoms with E-state index in [9.17, 15) is 4.79 Å². The molecule has 3 aromatic rings. The first-order valence-electron chi connectivity index (χ1n) is 7.62. The van der Waals surface area contributed by atoms with Crippen molar-refractivity contribution < 1.29 is 4.79 Å². The Hall–Kier alpha value is -2.74. The van der Waals surface area contributed by atoms with Crippen molar-refractivity contribution in [1.29, 1.82) is 0 Å². The van der Waals surface area contributed by atoms with Crippen LogP contribution < -0.4 is 10.6 Å². The number of amides is 2. The van der Waals surface area contributed by atoms with Gasteiger partial charge in [-0.3, -0.25) is 5.10 Å². The van der Waals surface area contributed by atoms with Gasteiger partial charge in [-0.25, -0.2) is 14.8 Å². The quantitative estimate of drug-likeness (QED) is 0.661. The maximum absolute atomic E-state index is 12.2. The molecular formula is C16H18N6OS. The summed E-state index contributed by atoms with van der Waals surface area (Å²) in [5.74, 6) is 1.40. The van der Waals surface area contributed by atoms with E-state index >= 15 is 0 Å². The lowest BCUT2D eigenvalue weighted by molar-refractivity contribution is 0.248. The predicted molar refractivity (Wildman–Crippen MR) is 93.9 cm³/mol. The second-order valence-electron chi connectivity index (χ2n) is 5.25. The zero-order chi connectivity index (χ0) is 16.9. The lowest BCUT2D eigenvalue weighted by Gasteiger charge is -2.15. The van der Waals surface area contributed by atoms with Gasteiger partial charge in [0.05, 0.1) is 6.04 Å². The molecule has 0 aliphatic rings. The zero-order valence-electron chi connectivity index (χ0n) is 13.4. The first-order chi connectivity index (χ1) is 11.7. The van der Waals surface area contributed by atoms with E-state index in [2.05, 4.69) is 30.8 Å². The molecule has 2 heterocycles. The van der Waals surface area contributed by atoms with Crippen molar-refractivity contribution in [2.24, 2.45) is 0 Å². The number of aryl methyl sites for hydroxylation is 1. The van der Waals surface area contributed by atoms with Crippen molar-refractivity contribution in [2.45, 2.75) is 26.3 Å². The number of hydrogen-bond donors (Lipinski definition) is 3. The lowest BCUT2D eigenvalue weighted by Crippen LogP contribution is -2.32. The summed E-state index contributed by atoms with van der Waals surface area (Å²) < 4.78 is 0. The number of benzene rings is 1. The van der Waals surface area contributed by atoms with Crippen LogP contribution in [0.4, 0.5) is 10.5 Å². The zero-order valence-corrected chi connectivity index (χ0v) is 14.2. The van der Waals surface area contributed by atoms with Crippen molar-refractivity contribution in [3.63, 3.8) is 0 Å². The van der Waals surface area contributed by atoms with Crippen LogP contribution >= 0.6 is 11.3 Å². The average Bonchev–Trinajstić information content (AvgIpc) is 3.25. The third-order valence-electron chi connectivity index (χ3n) is 3.46. The van der Waals surface area contributed by atoms with E-state index in [0.29, 0.717) is 11.5 Å². The monoisotopic (exact) mass is 342 g/mol. The molecule has 3 N–H and O–H groups in total. The lowest BCUT2D eigenvalue weighted by atomic mass is 10.2. The summed E-state index contributed by atoms with van der Waals surface area (Å²) in [6, 6.07) is 7.06. The maximum Gasteiger partial charge on any atom is 0.319 e. The van der Waals surface area contributed by atoms with Crippen LogP contribution in [0.1, 0.15) is 30.2 Å². The summed E-state index contributed by atoms with van der Waals surface area (Å²) in [4.78, 5) is 20.7. The number of H-pyrrole nitrogens is 1. The highest BCUT2D eigenvalue weighted by Crippen LogP contribution is 2.20. The summed E-state index contributed by atoms with van der Waals surface area (Å²) in [6.45, 7) is 3.86. The van der Waals surface area contributed by atoms with Crippen molar-refractivity contribution >= 4 is 23.1 Å². The van der Waals surface area contributed by atoms with Gasteiger partial charge >= 0.3 is 6.03 Å². The third kappa shape index (κ3) is 3.77. The Labute approximate surface area is 143 Å². The molecule has 0 bridgehead atoms. The summed E-state index contributed by atoms with van der Waals surface area (Å²) in [5.41, 5.74) is 1.59. The van der Waals surface area contributed by atoms with Crippen LogP contribution in [0.25, 0.3) is 11.4 Å². The molecule has 0 unspecified atom stereocenters. The molecule has 0 spiro atoms. The topological polar surface area (TPSA) is 95.6 Å². The maximum atomic E-state index is 12.2. The number of nitrogens with one attached hydrogen (secondary N) is 3. The van der Waals surface area contributed by atoms with Crippen LogP contribution in [-0.4, -0.2) is 26.2 Å². The molecule has 2 aromatic heterocycles. The smallest absolute Gasteiger partial charge is 0.319 e. The largest absolute Gasteiger partial charge is 0.329 e. The molecule has 0 aliphatic heterocycles. The Morgan fingerprint density at radius 1 is 1.33 bits per heavy atom. The van der Waals surface area contributed by atoms with Crippen molar-refractivity contribution in [3.8, 4) is 11.4 Å². The Morgan fingerprint density at radius 3 is 2.71 bits per heavy atom. The van der Waals surface area contributed by atoms with Gasteiger partial charge in [-0.05, 0) is 37.6 Å². The Morgan fingerprint density at radius 2 is 2.12 bits per heavy atom. The van der Waals surface area contributed by atoms with Gasteiger partial charge in [0.2, 0.25) is 0 Å². The highest BCUT2D eigenvalue weighted by atomic mass is 32.1. The molecule has 124 valence electrons. The van der Waals surface area contributed by atoms with E-state index in [-0.39, 0.29) is 12.1 Å². The molecule has 0 radical (unpaired) electrons. The van der Waals surface area contributed by atoms with Crippen LogP contribution in [0.2, 0.25) is 0 Å².